The van der Waals surface area contributed by atoms with E-state index in [1.54, 1.807) is 17.0 Å². The summed E-state index contributed by atoms with van der Waals surface area (Å²) in [6, 6.07) is 14.5. The highest BCUT2D eigenvalue weighted by atomic mass is 35.6. The molecule has 3 aromatic carbocycles. The monoisotopic (exact) mass is 899 g/mol. The lowest BCUT2D eigenvalue weighted by Crippen LogP contribution is -2.66. The summed E-state index contributed by atoms with van der Waals surface area (Å²) in [5.41, 5.74) is 1.68. The summed E-state index contributed by atoms with van der Waals surface area (Å²) >= 11 is 25.2. The molecule has 1 fully saturated rings. The van der Waals surface area contributed by atoms with Gasteiger partial charge in [0.25, 0.3) is 5.91 Å². The fraction of sp³-hybridized carbons (Fsp3) is 0.465. The molecule has 1 saturated heterocycles. The Bertz CT molecular complexity index is 2010. The first kappa shape index (κ1) is 46.2. The van der Waals surface area contributed by atoms with Gasteiger partial charge in [0.05, 0.1) is 25.3 Å². The first-order valence-electron chi connectivity index (χ1n) is 19.6. The van der Waals surface area contributed by atoms with Crippen LogP contribution in [0, 0.1) is 17.5 Å². The molecular weight excluding hydrogens is 853 g/mol. The Labute approximate surface area is 363 Å². The van der Waals surface area contributed by atoms with Crippen LogP contribution >= 0.6 is 46.4 Å². The van der Waals surface area contributed by atoms with Crippen LogP contribution in [0.2, 0.25) is 5.02 Å². The van der Waals surface area contributed by atoms with E-state index in [2.05, 4.69) is 0 Å². The molecule has 9 nitrogen and oxygen atoms in total. The van der Waals surface area contributed by atoms with Crippen LogP contribution in [-0.4, -0.2) is 87.1 Å². The summed E-state index contributed by atoms with van der Waals surface area (Å²) in [7, 11) is 0. The number of aryl methyl sites for hydroxylation is 1. The highest BCUT2D eigenvalue weighted by molar-refractivity contribution is 6.68. The van der Waals surface area contributed by atoms with E-state index in [4.69, 9.17) is 60.6 Å². The quantitative estimate of drug-likeness (QED) is 0.0858. The van der Waals surface area contributed by atoms with E-state index < -0.39 is 56.9 Å². The van der Waals surface area contributed by atoms with Crippen molar-refractivity contribution in [3.05, 3.63) is 105 Å². The third-order valence-corrected chi connectivity index (χ3v) is 12.2. The lowest BCUT2D eigenvalue weighted by Gasteiger charge is -2.51. The van der Waals surface area contributed by atoms with E-state index in [0.29, 0.717) is 41.5 Å². The van der Waals surface area contributed by atoms with Gasteiger partial charge in [0.1, 0.15) is 0 Å². The molecule has 0 aliphatic carbocycles. The van der Waals surface area contributed by atoms with E-state index in [9.17, 15) is 22.8 Å². The Balaban J connectivity index is 1.51. The fourth-order valence-corrected chi connectivity index (χ4v) is 7.42. The second-order valence-corrected chi connectivity index (χ2v) is 17.7. The summed E-state index contributed by atoms with van der Waals surface area (Å²) < 4.78 is 56.5. The zero-order valence-electron chi connectivity index (χ0n) is 33.4. The van der Waals surface area contributed by atoms with Gasteiger partial charge < -0.3 is 24.0 Å². The molecule has 320 valence electrons. The van der Waals surface area contributed by atoms with Gasteiger partial charge in [-0.2, -0.15) is 4.39 Å². The predicted molar refractivity (Wildman–Crippen MR) is 223 cm³/mol. The molecule has 2 unspecified atom stereocenters. The molecule has 2 heterocycles. The maximum Gasteiger partial charge on any atom is 0.411 e. The van der Waals surface area contributed by atoms with Gasteiger partial charge in [0, 0.05) is 36.8 Å². The third kappa shape index (κ3) is 11.1. The number of rotatable bonds is 15. The Hall–Kier alpha value is -3.84. The van der Waals surface area contributed by atoms with Crippen LogP contribution in [-0.2, 0) is 27.2 Å². The molecule has 0 N–H and O–H groups in total. The molecule has 2 bridgehead atoms. The molecule has 0 radical (unpaired) electrons. The topological polar surface area (TPSA) is 88.6 Å². The van der Waals surface area contributed by atoms with Gasteiger partial charge in [0.15, 0.2) is 23.0 Å². The molecule has 2 aliphatic heterocycles. The van der Waals surface area contributed by atoms with Crippen molar-refractivity contribution in [3.63, 3.8) is 0 Å². The molecule has 0 spiro atoms. The van der Waals surface area contributed by atoms with Crippen molar-refractivity contribution in [1.82, 2.24) is 14.7 Å². The van der Waals surface area contributed by atoms with E-state index in [0.717, 1.165) is 30.0 Å². The largest absolute Gasteiger partial charge is 0.488 e. The Morgan fingerprint density at radius 3 is 2.22 bits per heavy atom. The SMILES string of the molecule is CCCCCOC(=O)N1CC2CC(c3ccc(CCCOc4c(F)ccc(F)c4F)cc3)=C(C(=O)N(CC)Cc3ccccc3Cl)C(C1)N2C(=O)OC(C)(C)C(Cl)(Cl)Cl. The van der Waals surface area contributed by atoms with Crippen molar-refractivity contribution in [3.8, 4) is 5.75 Å². The van der Waals surface area contributed by atoms with Crippen molar-refractivity contribution in [2.45, 2.75) is 94.2 Å². The highest BCUT2D eigenvalue weighted by Crippen LogP contribution is 2.44. The number of halogens is 7. The van der Waals surface area contributed by atoms with Gasteiger partial charge >= 0.3 is 12.2 Å². The molecule has 3 aromatic rings. The van der Waals surface area contributed by atoms with Crippen LogP contribution in [0.5, 0.6) is 5.75 Å². The van der Waals surface area contributed by atoms with Crippen molar-refractivity contribution in [2.24, 2.45) is 0 Å². The average Bonchev–Trinajstić information content (AvgIpc) is 3.19. The lowest BCUT2D eigenvalue weighted by atomic mass is 9.81. The lowest BCUT2D eigenvalue weighted by molar-refractivity contribution is -0.128. The molecule has 0 aromatic heterocycles. The first-order valence-corrected chi connectivity index (χ1v) is 21.1. The Morgan fingerprint density at radius 1 is 0.864 bits per heavy atom. The number of hydrogen-bond acceptors (Lipinski definition) is 6. The molecule has 3 amide bonds. The number of unbranched alkanes of at least 4 members (excludes halogenated alkanes) is 2. The number of fused-ring (bicyclic) bond motifs is 2. The van der Waals surface area contributed by atoms with Gasteiger partial charge in [-0.25, -0.2) is 18.4 Å². The van der Waals surface area contributed by atoms with Crippen LogP contribution in [0.1, 0.15) is 76.5 Å². The molecule has 59 heavy (non-hydrogen) atoms. The van der Waals surface area contributed by atoms with Gasteiger partial charge in [0.2, 0.25) is 9.61 Å². The van der Waals surface area contributed by atoms with Gasteiger partial charge in [-0.1, -0.05) is 109 Å². The van der Waals surface area contributed by atoms with Gasteiger partial charge in [-0.05, 0) is 86.9 Å². The van der Waals surface area contributed by atoms with Crippen molar-refractivity contribution < 1.29 is 41.8 Å². The summed E-state index contributed by atoms with van der Waals surface area (Å²) in [6.07, 6.45) is 2.14. The van der Waals surface area contributed by atoms with Gasteiger partial charge in [-0.3, -0.25) is 9.69 Å². The molecule has 0 saturated carbocycles. The number of piperazine rings is 1. The minimum atomic E-state index is -1.99. The third-order valence-electron chi connectivity index (χ3n) is 10.5. The van der Waals surface area contributed by atoms with E-state index in [-0.39, 0.29) is 57.3 Å². The summed E-state index contributed by atoms with van der Waals surface area (Å²) in [4.78, 5) is 47.4. The molecule has 16 heteroatoms. The number of carbonyl (C=O) groups excluding carboxylic acids is 3. The van der Waals surface area contributed by atoms with Crippen LogP contribution in [0.25, 0.3) is 5.57 Å². The number of alkyl halides is 3. The maximum absolute atomic E-state index is 15.0. The fourth-order valence-electron chi connectivity index (χ4n) is 7.10. The predicted octanol–water partition coefficient (Wildman–Crippen LogP) is 10.9. The molecule has 2 aliphatic rings. The minimum absolute atomic E-state index is 0.0664. The van der Waals surface area contributed by atoms with Crippen molar-refractivity contribution in [1.29, 1.82) is 0 Å². The van der Waals surface area contributed by atoms with E-state index >= 15 is 4.79 Å². The maximum atomic E-state index is 15.0. The smallest absolute Gasteiger partial charge is 0.411 e. The Morgan fingerprint density at radius 2 is 1.56 bits per heavy atom. The van der Waals surface area contributed by atoms with Crippen LogP contribution < -0.4 is 4.74 Å². The van der Waals surface area contributed by atoms with Crippen LogP contribution in [0.3, 0.4) is 0 Å². The molecular formula is C43H48Cl4F3N3O6. The number of hydrogen-bond donors (Lipinski definition) is 0. The second-order valence-electron chi connectivity index (χ2n) is 15.0. The summed E-state index contributed by atoms with van der Waals surface area (Å²) in [5, 5.41) is 0.484. The van der Waals surface area contributed by atoms with Crippen molar-refractivity contribution in [2.75, 3.05) is 32.8 Å². The zero-order valence-corrected chi connectivity index (χ0v) is 36.4. The Kier molecular flexibility index (Phi) is 15.8. The van der Waals surface area contributed by atoms with Gasteiger partial charge in [-0.15, -0.1) is 0 Å². The number of benzene rings is 3. The first-order chi connectivity index (χ1) is 28.0. The van der Waals surface area contributed by atoms with Crippen molar-refractivity contribution >= 4 is 70.1 Å². The molecule has 2 atom stereocenters. The minimum Gasteiger partial charge on any atom is -0.488 e. The van der Waals surface area contributed by atoms with Crippen LogP contribution in [0.15, 0.2) is 66.2 Å². The molecule has 5 rings (SSSR count). The number of nitrogens with zero attached hydrogens (tertiary/aromatic N) is 3. The van der Waals surface area contributed by atoms with E-state index in [1.165, 1.54) is 23.6 Å². The average molecular weight is 902 g/mol. The normalized spacial score (nSPS) is 16.9. The van der Waals surface area contributed by atoms with E-state index in [1.807, 2.05) is 50.2 Å². The summed E-state index contributed by atoms with van der Waals surface area (Å²) in [5.74, 6) is -4.72. The number of ether oxygens (including phenoxy) is 3. The number of likely N-dealkylation sites (N-methyl/N-ethyl adjacent to an activating group) is 1. The summed E-state index contributed by atoms with van der Waals surface area (Å²) in [6.45, 7) is 7.45. The number of amides is 3. The standard InChI is InChI=1S/C43H48Cl4F3N3O6/c1-5-7-10-21-58-40(55)52-25-30-23-31(28-17-15-27(16-18-28)12-11-22-57-38-34(49)20-19-33(48)37(38)50)36(39(54)51(6-2)24-29-13-8-9-14-32(29)44)35(26-52)53(30)41(56)59-42(3,4)43(45,46)47/h8-9,13-20,30,35H,5-7,10-12,21-26H2,1-4H3. The number of carbonyl (C=O) groups is 3. The van der Waals surface area contributed by atoms with Crippen LogP contribution in [0.4, 0.5) is 22.8 Å². The zero-order chi connectivity index (χ0) is 43.1. The highest BCUT2D eigenvalue weighted by Gasteiger charge is 2.52. The second kappa shape index (κ2) is 20.1.